The molecule has 0 saturated carbocycles. The van der Waals surface area contributed by atoms with Crippen LogP contribution in [0.25, 0.3) is 6.08 Å². The van der Waals surface area contributed by atoms with E-state index in [1.807, 2.05) is 13.8 Å². The number of allylic oxidation sites excluding steroid dienone is 2. The molecule has 0 radical (unpaired) electrons. The Balaban J connectivity index is 0.000000184. The molecule has 0 aromatic heterocycles. The highest BCUT2D eigenvalue weighted by Gasteiger charge is 2.00. The van der Waals surface area contributed by atoms with Crippen molar-refractivity contribution >= 4 is 6.08 Å². The third-order valence-electron chi connectivity index (χ3n) is 1.69. The molecule has 1 aromatic carbocycles. The van der Waals surface area contributed by atoms with Crippen molar-refractivity contribution in [3.05, 3.63) is 53.6 Å². The fourth-order valence-corrected chi connectivity index (χ4v) is 1.20. The third-order valence-corrected chi connectivity index (χ3v) is 1.69. The predicted octanol–water partition coefficient (Wildman–Crippen LogP) is 3.84. The number of hydrogen-bond donors (Lipinski definition) is 0. The van der Waals surface area contributed by atoms with E-state index in [4.69, 9.17) is 0 Å². The Hall–Kier alpha value is -1.30. The molecule has 0 bridgehead atoms. The smallest absolute Gasteiger partial charge is 0.00882 e. The Morgan fingerprint density at radius 3 is 2.46 bits per heavy atom. The van der Waals surface area contributed by atoms with Crippen molar-refractivity contribution < 1.29 is 0 Å². The van der Waals surface area contributed by atoms with Crippen molar-refractivity contribution in [3.8, 4) is 0 Å². The summed E-state index contributed by atoms with van der Waals surface area (Å²) in [4.78, 5) is 0. The van der Waals surface area contributed by atoms with E-state index in [1.54, 1.807) is 0 Å². The maximum atomic E-state index is 3.56. The first-order chi connectivity index (χ1) is 6.20. The van der Waals surface area contributed by atoms with Gasteiger partial charge in [-0.25, -0.2) is 0 Å². The summed E-state index contributed by atoms with van der Waals surface area (Å²) in [6.07, 6.45) is 5.50. The van der Waals surface area contributed by atoms with Crippen LogP contribution in [0.4, 0.5) is 0 Å². The predicted molar refractivity (Wildman–Crippen MR) is 59.7 cm³/mol. The molecule has 0 nitrogen and oxygen atoms in total. The second-order valence-corrected chi connectivity index (χ2v) is 3.51. The normalized spacial score (nSPS) is 11.5. The second kappa shape index (κ2) is 4.66. The molecule has 0 atom stereocenters. The number of rotatable bonds is 0. The molecule has 2 rings (SSSR count). The zero-order valence-electron chi connectivity index (χ0n) is 8.38. The van der Waals surface area contributed by atoms with E-state index in [1.165, 1.54) is 16.7 Å². The van der Waals surface area contributed by atoms with E-state index in [0.717, 1.165) is 6.42 Å². The van der Waals surface area contributed by atoms with Crippen LogP contribution in [0.2, 0.25) is 0 Å². The van der Waals surface area contributed by atoms with Gasteiger partial charge in [-0.3, -0.25) is 0 Å². The van der Waals surface area contributed by atoms with Gasteiger partial charge < -0.3 is 0 Å². The first-order valence-corrected chi connectivity index (χ1v) is 4.56. The molecular formula is C13H16. The average Bonchev–Trinajstić information content (AvgIpc) is 2.49. The molecule has 0 unspecified atom stereocenters. The summed E-state index contributed by atoms with van der Waals surface area (Å²) in [5.74, 6) is 0. The molecule has 1 aliphatic carbocycles. The van der Waals surface area contributed by atoms with Gasteiger partial charge in [0.2, 0.25) is 0 Å². The highest BCUT2D eigenvalue weighted by Crippen LogP contribution is 2.17. The van der Waals surface area contributed by atoms with Gasteiger partial charge in [0.25, 0.3) is 0 Å². The summed E-state index contributed by atoms with van der Waals surface area (Å²) in [5, 5.41) is 0. The fourth-order valence-electron chi connectivity index (χ4n) is 1.20. The Labute approximate surface area is 80.6 Å². The topological polar surface area (TPSA) is 0 Å². The van der Waals surface area contributed by atoms with Crippen LogP contribution in [-0.4, -0.2) is 0 Å². The van der Waals surface area contributed by atoms with E-state index in [-0.39, 0.29) is 0 Å². The standard InChI is InChI=1S/C9H8.C4H8/c1-2-5-9-7-3-6-8(9)4-1;1-4(2)3/h1-6H,7H2;1H2,2-3H3. The molecule has 0 amide bonds. The molecule has 0 spiro atoms. The summed E-state index contributed by atoms with van der Waals surface area (Å²) in [6.45, 7) is 7.50. The van der Waals surface area contributed by atoms with Gasteiger partial charge in [-0.05, 0) is 31.4 Å². The molecule has 68 valence electrons. The van der Waals surface area contributed by atoms with E-state index in [9.17, 15) is 0 Å². The molecule has 13 heavy (non-hydrogen) atoms. The minimum atomic E-state index is 1.12. The zero-order valence-corrected chi connectivity index (χ0v) is 8.38. The van der Waals surface area contributed by atoms with Crippen molar-refractivity contribution in [1.29, 1.82) is 0 Å². The van der Waals surface area contributed by atoms with Gasteiger partial charge in [-0.15, -0.1) is 6.58 Å². The maximum Gasteiger partial charge on any atom is -0.00882 e. The lowest BCUT2D eigenvalue weighted by Gasteiger charge is -1.93. The van der Waals surface area contributed by atoms with Crippen molar-refractivity contribution in [3.63, 3.8) is 0 Å². The quantitative estimate of drug-likeness (QED) is 0.522. The Kier molecular flexibility index (Phi) is 3.51. The van der Waals surface area contributed by atoms with E-state index in [2.05, 4.69) is 43.0 Å². The minimum Gasteiger partial charge on any atom is -0.100 e. The summed E-state index contributed by atoms with van der Waals surface area (Å²) in [7, 11) is 0. The van der Waals surface area contributed by atoms with Crippen LogP contribution in [0.1, 0.15) is 25.0 Å². The van der Waals surface area contributed by atoms with Crippen molar-refractivity contribution in [2.75, 3.05) is 0 Å². The molecule has 1 aliphatic rings. The lowest BCUT2D eigenvalue weighted by Crippen LogP contribution is -1.76. The average molecular weight is 172 g/mol. The molecular weight excluding hydrogens is 156 g/mol. The van der Waals surface area contributed by atoms with Crippen LogP contribution < -0.4 is 0 Å². The number of fused-ring (bicyclic) bond motifs is 1. The molecule has 0 heteroatoms. The maximum absolute atomic E-state index is 3.56. The molecule has 0 N–H and O–H groups in total. The molecule has 0 saturated heterocycles. The van der Waals surface area contributed by atoms with Gasteiger partial charge in [0.15, 0.2) is 0 Å². The first-order valence-electron chi connectivity index (χ1n) is 4.56. The van der Waals surface area contributed by atoms with Gasteiger partial charge in [0, 0.05) is 0 Å². The van der Waals surface area contributed by atoms with E-state index < -0.39 is 0 Å². The van der Waals surface area contributed by atoms with Crippen LogP contribution in [0, 0.1) is 0 Å². The van der Waals surface area contributed by atoms with Gasteiger partial charge in [0.05, 0.1) is 0 Å². The Morgan fingerprint density at radius 1 is 1.23 bits per heavy atom. The molecule has 0 aliphatic heterocycles. The van der Waals surface area contributed by atoms with E-state index >= 15 is 0 Å². The van der Waals surface area contributed by atoms with Crippen LogP contribution in [0.15, 0.2) is 42.5 Å². The third kappa shape index (κ3) is 3.29. The highest BCUT2D eigenvalue weighted by atomic mass is 14.0. The summed E-state index contributed by atoms with van der Waals surface area (Å²) in [5.41, 5.74) is 4.01. The summed E-state index contributed by atoms with van der Waals surface area (Å²) in [6, 6.07) is 8.49. The summed E-state index contributed by atoms with van der Waals surface area (Å²) < 4.78 is 0. The van der Waals surface area contributed by atoms with Crippen LogP contribution >= 0.6 is 0 Å². The largest absolute Gasteiger partial charge is 0.100 e. The molecule has 0 fully saturated rings. The van der Waals surface area contributed by atoms with Crippen molar-refractivity contribution in [2.45, 2.75) is 20.3 Å². The van der Waals surface area contributed by atoms with Crippen molar-refractivity contribution in [1.82, 2.24) is 0 Å². The fraction of sp³-hybridized carbons (Fsp3) is 0.231. The van der Waals surface area contributed by atoms with Crippen LogP contribution in [0.3, 0.4) is 0 Å². The van der Waals surface area contributed by atoms with Gasteiger partial charge in [-0.2, -0.15) is 0 Å². The molecule has 0 heterocycles. The first kappa shape index (κ1) is 9.79. The van der Waals surface area contributed by atoms with Crippen molar-refractivity contribution in [2.24, 2.45) is 0 Å². The van der Waals surface area contributed by atoms with Gasteiger partial charge >= 0.3 is 0 Å². The SMILES string of the molecule is C1=Cc2ccccc2C1.C=C(C)C. The van der Waals surface area contributed by atoms with Gasteiger partial charge in [0.1, 0.15) is 0 Å². The lowest BCUT2D eigenvalue weighted by molar-refractivity contribution is 1.31. The van der Waals surface area contributed by atoms with E-state index in [0.29, 0.717) is 0 Å². The van der Waals surface area contributed by atoms with Crippen LogP contribution in [0.5, 0.6) is 0 Å². The highest BCUT2D eigenvalue weighted by molar-refractivity contribution is 5.59. The van der Waals surface area contributed by atoms with Crippen LogP contribution in [-0.2, 0) is 6.42 Å². The Morgan fingerprint density at radius 2 is 1.85 bits per heavy atom. The number of benzene rings is 1. The minimum absolute atomic E-state index is 1.12. The number of hydrogen-bond acceptors (Lipinski definition) is 0. The zero-order chi connectivity index (χ0) is 9.68. The monoisotopic (exact) mass is 172 g/mol. The van der Waals surface area contributed by atoms with Gasteiger partial charge in [-0.1, -0.05) is 42.0 Å². The summed E-state index contributed by atoms with van der Waals surface area (Å²) >= 11 is 0. The Bertz CT molecular complexity index is 315. The lowest BCUT2D eigenvalue weighted by atomic mass is 10.1. The molecule has 1 aromatic rings. The second-order valence-electron chi connectivity index (χ2n) is 3.51.